The second kappa shape index (κ2) is 7.59. The number of pyridine rings is 1. The Kier molecular flexibility index (Phi) is 5.20. The Bertz CT molecular complexity index is 664. The van der Waals surface area contributed by atoms with E-state index in [1.54, 1.807) is 24.2 Å². The lowest BCUT2D eigenvalue weighted by Gasteiger charge is -2.42. The first-order valence-electron chi connectivity index (χ1n) is 9.76. The number of rotatable bonds is 5. The molecule has 0 radical (unpaired) electrons. The van der Waals surface area contributed by atoms with Gasteiger partial charge < -0.3 is 9.80 Å². The van der Waals surface area contributed by atoms with E-state index in [2.05, 4.69) is 9.88 Å². The quantitative estimate of drug-likeness (QED) is 0.745. The Hall–Kier alpha value is -1.56. The van der Waals surface area contributed by atoms with Gasteiger partial charge in [0.15, 0.2) is 0 Å². The molecule has 1 aromatic heterocycles. The minimum atomic E-state index is -0.307. The van der Waals surface area contributed by atoms with Gasteiger partial charge in [-0.2, -0.15) is 0 Å². The fraction of sp³-hybridized carbons (Fsp3) is 0.650. The number of hydrogen-bond acceptors (Lipinski definition) is 4. The number of thioether (sulfide) groups is 1. The molecule has 26 heavy (non-hydrogen) atoms. The molecule has 1 unspecified atom stereocenters. The molecule has 3 aliphatic rings. The lowest BCUT2D eigenvalue weighted by Crippen LogP contribution is -2.52. The van der Waals surface area contributed by atoms with Gasteiger partial charge in [0, 0.05) is 43.5 Å². The number of hydrogen-bond donors (Lipinski definition) is 0. The van der Waals surface area contributed by atoms with Gasteiger partial charge in [0.2, 0.25) is 11.8 Å². The third-order valence-corrected chi connectivity index (χ3v) is 7.24. The summed E-state index contributed by atoms with van der Waals surface area (Å²) in [7, 11) is 0. The molecule has 1 saturated carbocycles. The normalized spacial score (nSPS) is 26.4. The van der Waals surface area contributed by atoms with Crippen molar-refractivity contribution in [3.63, 3.8) is 0 Å². The summed E-state index contributed by atoms with van der Waals surface area (Å²) in [5.41, 5.74) is -0.307. The molecule has 1 atom stereocenters. The van der Waals surface area contributed by atoms with E-state index < -0.39 is 0 Å². The largest absolute Gasteiger partial charge is 0.342 e. The average molecular weight is 374 g/mol. The van der Waals surface area contributed by atoms with Crippen molar-refractivity contribution in [1.29, 1.82) is 0 Å². The molecule has 1 aromatic rings. The zero-order chi connectivity index (χ0) is 18.0. The third kappa shape index (κ3) is 3.61. The van der Waals surface area contributed by atoms with Crippen LogP contribution in [0.4, 0.5) is 0 Å². The van der Waals surface area contributed by atoms with Gasteiger partial charge in [-0.25, -0.2) is 0 Å². The van der Waals surface area contributed by atoms with E-state index in [1.165, 1.54) is 19.3 Å². The first kappa shape index (κ1) is 17.8. The molecule has 1 aliphatic carbocycles. The summed E-state index contributed by atoms with van der Waals surface area (Å²) in [5, 5.41) is 0. The molecular weight excluding hydrogens is 346 g/mol. The van der Waals surface area contributed by atoms with Gasteiger partial charge in [0.25, 0.3) is 0 Å². The van der Waals surface area contributed by atoms with Crippen LogP contribution < -0.4 is 0 Å². The predicted octanol–water partition coefficient (Wildman–Crippen LogP) is 2.81. The van der Waals surface area contributed by atoms with E-state index in [0.29, 0.717) is 24.1 Å². The first-order chi connectivity index (χ1) is 12.7. The van der Waals surface area contributed by atoms with Crippen molar-refractivity contribution >= 4 is 23.6 Å². The standard InChI is InChI=1S/C20H27N3O2S/c24-18(14-26-17-5-9-21-10-6-17)23-12-8-20(15-23)7-2-11-22(19(20)25)13-16-3-1-4-16/h5-6,9-10,16H,1-4,7-8,11-15H2. The van der Waals surface area contributed by atoms with Crippen molar-refractivity contribution in [2.75, 3.05) is 31.9 Å². The highest BCUT2D eigenvalue weighted by Gasteiger charge is 2.49. The fourth-order valence-corrected chi connectivity index (χ4v) is 5.24. The summed E-state index contributed by atoms with van der Waals surface area (Å²) in [6, 6.07) is 3.85. The smallest absolute Gasteiger partial charge is 0.232 e. The number of aromatic nitrogens is 1. The van der Waals surface area contributed by atoms with Crippen LogP contribution in [0.3, 0.4) is 0 Å². The minimum absolute atomic E-state index is 0.146. The molecule has 3 heterocycles. The molecule has 6 heteroatoms. The van der Waals surface area contributed by atoms with Gasteiger partial charge in [-0.05, 0) is 50.2 Å². The highest BCUT2D eigenvalue weighted by atomic mass is 32.2. The van der Waals surface area contributed by atoms with E-state index in [0.717, 1.165) is 43.8 Å². The van der Waals surface area contributed by atoms with Gasteiger partial charge in [0.1, 0.15) is 0 Å². The second-order valence-electron chi connectivity index (χ2n) is 7.97. The summed E-state index contributed by atoms with van der Waals surface area (Å²) in [6.45, 7) is 3.18. The molecule has 2 saturated heterocycles. The van der Waals surface area contributed by atoms with Crippen LogP contribution in [0.15, 0.2) is 29.4 Å². The lowest BCUT2D eigenvalue weighted by molar-refractivity contribution is -0.147. The maximum Gasteiger partial charge on any atom is 0.232 e. The summed E-state index contributed by atoms with van der Waals surface area (Å²) in [5.74, 6) is 1.60. The van der Waals surface area contributed by atoms with Crippen LogP contribution in [0.2, 0.25) is 0 Å². The maximum atomic E-state index is 13.1. The van der Waals surface area contributed by atoms with Crippen LogP contribution in [0.5, 0.6) is 0 Å². The topological polar surface area (TPSA) is 53.5 Å². The van der Waals surface area contributed by atoms with Crippen molar-refractivity contribution in [3.8, 4) is 0 Å². The molecule has 4 rings (SSSR count). The number of likely N-dealkylation sites (tertiary alicyclic amines) is 2. The van der Waals surface area contributed by atoms with Crippen LogP contribution in [0.25, 0.3) is 0 Å². The van der Waals surface area contributed by atoms with Crippen LogP contribution >= 0.6 is 11.8 Å². The monoisotopic (exact) mass is 373 g/mol. The van der Waals surface area contributed by atoms with E-state index >= 15 is 0 Å². The molecule has 5 nitrogen and oxygen atoms in total. The van der Waals surface area contributed by atoms with Crippen LogP contribution in [0.1, 0.15) is 38.5 Å². The lowest BCUT2D eigenvalue weighted by atomic mass is 9.77. The van der Waals surface area contributed by atoms with E-state index in [9.17, 15) is 9.59 Å². The summed E-state index contributed by atoms with van der Waals surface area (Å²) in [6.07, 6.45) is 10.2. The number of piperidine rings is 1. The van der Waals surface area contributed by atoms with Crippen molar-refractivity contribution in [2.45, 2.75) is 43.4 Å². The molecule has 0 bridgehead atoms. The fourth-order valence-electron chi connectivity index (χ4n) is 4.45. The molecular formula is C20H27N3O2S. The highest BCUT2D eigenvalue weighted by Crippen LogP contribution is 2.41. The van der Waals surface area contributed by atoms with Gasteiger partial charge in [-0.3, -0.25) is 14.6 Å². The van der Waals surface area contributed by atoms with Gasteiger partial charge >= 0.3 is 0 Å². The van der Waals surface area contributed by atoms with E-state index in [-0.39, 0.29) is 11.3 Å². The van der Waals surface area contributed by atoms with Crippen molar-refractivity contribution in [2.24, 2.45) is 11.3 Å². The Labute approximate surface area is 159 Å². The van der Waals surface area contributed by atoms with Crippen LogP contribution in [-0.2, 0) is 9.59 Å². The maximum absolute atomic E-state index is 13.1. The number of carbonyl (C=O) groups excluding carboxylic acids is 2. The van der Waals surface area contributed by atoms with Crippen molar-refractivity contribution in [1.82, 2.24) is 14.8 Å². The predicted molar refractivity (Wildman–Crippen MR) is 102 cm³/mol. The molecule has 140 valence electrons. The molecule has 1 spiro atoms. The molecule has 2 amide bonds. The molecule has 0 N–H and O–H groups in total. The van der Waals surface area contributed by atoms with E-state index in [4.69, 9.17) is 0 Å². The Balaban J connectivity index is 1.34. The van der Waals surface area contributed by atoms with Gasteiger partial charge in [-0.1, -0.05) is 6.42 Å². The number of amides is 2. The Morgan fingerprint density at radius 1 is 1.19 bits per heavy atom. The SMILES string of the molecule is O=C(CSc1ccncc1)N1CCC2(CCCN(CC3CCC3)C2=O)C1. The molecule has 2 aliphatic heterocycles. The van der Waals surface area contributed by atoms with Crippen molar-refractivity contribution < 1.29 is 9.59 Å². The summed E-state index contributed by atoms with van der Waals surface area (Å²) >= 11 is 1.54. The molecule has 3 fully saturated rings. The zero-order valence-electron chi connectivity index (χ0n) is 15.2. The highest BCUT2D eigenvalue weighted by molar-refractivity contribution is 8.00. The number of nitrogens with zero attached hydrogens (tertiary/aromatic N) is 3. The van der Waals surface area contributed by atoms with Gasteiger partial charge in [0.05, 0.1) is 11.2 Å². The van der Waals surface area contributed by atoms with Crippen molar-refractivity contribution in [3.05, 3.63) is 24.5 Å². The average Bonchev–Trinajstić information content (AvgIpc) is 3.06. The Morgan fingerprint density at radius 2 is 2.00 bits per heavy atom. The third-order valence-electron chi connectivity index (χ3n) is 6.25. The van der Waals surface area contributed by atoms with Gasteiger partial charge in [-0.15, -0.1) is 11.8 Å². The minimum Gasteiger partial charge on any atom is -0.342 e. The molecule has 0 aromatic carbocycles. The summed E-state index contributed by atoms with van der Waals surface area (Å²) < 4.78 is 0. The second-order valence-corrected chi connectivity index (χ2v) is 9.02. The van der Waals surface area contributed by atoms with Crippen LogP contribution in [-0.4, -0.2) is 58.5 Å². The van der Waals surface area contributed by atoms with Crippen LogP contribution in [0, 0.1) is 11.3 Å². The number of carbonyl (C=O) groups is 2. The van der Waals surface area contributed by atoms with E-state index in [1.807, 2.05) is 17.0 Å². The Morgan fingerprint density at radius 3 is 2.73 bits per heavy atom. The zero-order valence-corrected chi connectivity index (χ0v) is 16.0. The first-order valence-corrected chi connectivity index (χ1v) is 10.7. The summed E-state index contributed by atoms with van der Waals surface area (Å²) in [4.78, 5) is 34.9.